The molecule has 0 aliphatic rings. The van der Waals surface area contributed by atoms with Crippen LogP contribution in [0.25, 0.3) is 11.0 Å². The van der Waals surface area contributed by atoms with Crippen LogP contribution in [0.2, 0.25) is 0 Å². The second kappa shape index (κ2) is 5.55. The zero-order valence-corrected chi connectivity index (χ0v) is 10.8. The van der Waals surface area contributed by atoms with Gasteiger partial charge in [0.25, 0.3) is 0 Å². The van der Waals surface area contributed by atoms with E-state index in [9.17, 15) is 4.79 Å². The van der Waals surface area contributed by atoms with Crippen LogP contribution in [-0.2, 0) is 11.3 Å². The lowest BCUT2D eigenvalue weighted by atomic mass is 10.3. The first-order chi connectivity index (χ1) is 9.13. The summed E-state index contributed by atoms with van der Waals surface area (Å²) < 4.78 is 10.4. The number of aromatic nitrogens is 3. The van der Waals surface area contributed by atoms with E-state index in [0.29, 0.717) is 35.5 Å². The predicted molar refractivity (Wildman–Crippen MR) is 67.5 cm³/mol. The Bertz CT molecular complexity index is 553. The standard InChI is InChI=1S/C12H15N3O4/c1-18-10-6-8-9(7-11(10)19-2)14-15(13-8)5-3-4-12(16)17/h6-7H,3-5H2,1-2H3,(H,16,17). The van der Waals surface area contributed by atoms with E-state index in [1.165, 1.54) is 4.80 Å². The molecule has 0 aliphatic heterocycles. The molecule has 0 aliphatic carbocycles. The Morgan fingerprint density at radius 2 is 1.74 bits per heavy atom. The molecule has 0 radical (unpaired) electrons. The van der Waals surface area contributed by atoms with Gasteiger partial charge in [-0.25, -0.2) is 0 Å². The highest BCUT2D eigenvalue weighted by Gasteiger charge is 2.10. The normalized spacial score (nSPS) is 10.6. The average molecular weight is 265 g/mol. The molecular weight excluding hydrogens is 250 g/mol. The lowest BCUT2D eigenvalue weighted by Crippen LogP contribution is -2.04. The minimum atomic E-state index is -0.819. The van der Waals surface area contributed by atoms with Crippen molar-refractivity contribution in [2.45, 2.75) is 19.4 Å². The van der Waals surface area contributed by atoms with Gasteiger partial charge in [-0.3, -0.25) is 4.79 Å². The van der Waals surface area contributed by atoms with Crippen molar-refractivity contribution in [2.75, 3.05) is 14.2 Å². The maximum atomic E-state index is 10.4. The van der Waals surface area contributed by atoms with E-state index < -0.39 is 5.97 Å². The molecule has 0 spiro atoms. The van der Waals surface area contributed by atoms with E-state index in [1.54, 1.807) is 26.4 Å². The van der Waals surface area contributed by atoms with E-state index in [1.807, 2.05) is 0 Å². The van der Waals surface area contributed by atoms with Gasteiger partial charge in [0, 0.05) is 18.6 Å². The third-order valence-corrected chi connectivity index (χ3v) is 2.68. The number of hydrogen-bond donors (Lipinski definition) is 1. The van der Waals surface area contributed by atoms with Gasteiger partial charge in [-0.2, -0.15) is 15.0 Å². The molecule has 2 aromatic rings. The number of carboxylic acid groups (broad SMARTS) is 1. The molecular formula is C12H15N3O4. The molecule has 7 nitrogen and oxygen atoms in total. The summed E-state index contributed by atoms with van der Waals surface area (Å²) in [6, 6.07) is 3.49. The number of methoxy groups -OCH3 is 2. The van der Waals surface area contributed by atoms with Gasteiger partial charge in [0.05, 0.1) is 20.8 Å². The highest BCUT2D eigenvalue weighted by atomic mass is 16.5. The predicted octanol–water partition coefficient (Wildman–Crippen LogP) is 1.31. The summed E-state index contributed by atoms with van der Waals surface area (Å²) in [6.45, 7) is 0.464. The molecule has 0 saturated carbocycles. The number of hydrogen-bond acceptors (Lipinski definition) is 5. The van der Waals surface area contributed by atoms with Gasteiger partial charge in [0.15, 0.2) is 11.5 Å². The van der Waals surface area contributed by atoms with Crippen LogP contribution in [0.4, 0.5) is 0 Å². The molecule has 0 saturated heterocycles. The first kappa shape index (κ1) is 13.1. The summed E-state index contributed by atoms with van der Waals surface area (Å²) in [5.74, 6) is 0.361. The van der Waals surface area contributed by atoms with E-state index in [4.69, 9.17) is 14.6 Å². The molecule has 19 heavy (non-hydrogen) atoms. The Morgan fingerprint density at radius 1 is 1.21 bits per heavy atom. The van der Waals surface area contributed by atoms with Crippen LogP contribution < -0.4 is 9.47 Å². The van der Waals surface area contributed by atoms with Gasteiger partial charge in [0.2, 0.25) is 0 Å². The summed E-state index contributed by atoms with van der Waals surface area (Å²) in [7, 11) is 3.11. The summed E-state index contributed by atoms with van der Waals surface area (Å²) in [6.07, 6.45) is 0.592. The first-order valence-corrected chi connectivity index (χ1v) is 5.82. The highest BCUT2D eigenvalue weighted by Crippen LogP contribution is 2.30. The summed E-state index contributed by atoms with van der Waals surface area (Å²) in [4.78, 5) is 11.9. The van der Waals surface area contributed by atoms with Crippen molar-refractivity contribution in [3.63, 3.8) is 0 Å². The van der Waals surface area contributed by atoms with E-state index in [2.05, 4.69) is 10.2 Å². The lowest BCUT2D eigenvalue weighted by molar-refractivity contribution is -0.137. The van der Waals surface area contributed by atoms with Crippen LogP contribution in [0.3, 0.4) is 0 Å². The van der Waals surface area contributed by atoms with Crippen LogP contribution in [-0.4, -0.2) is 40.3 Å². The number of ether oxygens (including phenoxy) is 2. The third kappa shape index (κ3) is 2.93. The maximum absolute atomic E-state index is 10.4. The number of fused-ring (bicyclic) bond motifs is 1. The Morgan fingerprint density at radius 3 is 2.16 bits per heavy atom. The largest absolute Gasteiger partial charge is 0.493 e. The second-order valence-electron chi connectivity index (χ2n) is 3.99. The SMILES string of the molecule is COc1cc2nn(CCCC(=O)O)nc2cc1OC. The summed E-state index contributed by atoms with van der Waals surface area (Å²) in [5.41, 5.74) is 1.38. The summed E-state index contributed by atoms with van der Waals surface area (Å²) >= 11 is 0. The monoisotopic (exact) mass is 265 g/mol. The zero-order valence-electron chi connectivity index (χ0n) is 10.8. The molecule has 0 amide bonds. The molecule has 0 atom stereocenters. The van der Waals surface area contributed by atoms with Gasteiger partial charge in [-0.1, -0.05) is 0 Å². The highest BCUT2D eigenvalue weighted by molar-refractivity contribution is 5.78. The van der Waals surface area contributed by atoms with Crippen LogP contribution >= 0.6 is 0 Å². The smallest absolute Gasteiger partial charge is 0.303 e. The number of carbonyl (C=O) groups is 1. The van der Waals surface area contributed by atoms with Crippen LogP contribution in [0.5, 0.6) is 11.5 Å². The van der Waals surface area contributed by atoms with Gasteiger partial charge in [-0.05, 0) is 6.42 Å². The number of rotatable bonds is 6. The average Bonchev–Trinajstić information content (AvgIpc) is 2.77. The van der Waals surface area contributed by atoms with Crippen molar-refractivity contribution in [2.24, 2.45) is 0 Å². The molecule has 1 aromatic carbocycles. The van der Waals surface area contributed by atoms with E-state index >= 15 is 0 Å². The molecule has 0 bridgehead atoms. The summed E-state index contributed by atoms with van der Waals surface area (Å²) in [5, 5.41) is 17.1. The van der Waals surface area contributed by atoms with E-state index in [-0.39, 0.29) is 6.42 Å². The van der Waals surface area contributed by atoms with Crippen LogP contribution in [0, 0.1) is 0 Å². The van der Waals surface area contributed by atoms with Crippen molar-refractivity contribution in [1.82, 2.24) is 15.0 Å². The van der Waals surface area contributed by atoms with Gasteiger partial charge in [-0.15, -0.1) is 0 Å². The minimum Gasteiger partial charge on any atom is -0.493 e. The Kier molecular flexibility index (Phi) is 3.84. The number of aryl methyl sites for hydroxylation is 1. The molecule has 1 N–H and O–H groups in total. The van der Waals surface area contributed by atoms with E-state index in [0.717, 1.165) is 0 Å². The molecule has 2 rings (SSSR count). The van der Waals surface area contributed by atoms with Crippen molar-refractivity contribution in [1.29, 1.82) is 0 Å². The molecule has 102 valence electrons. The number of nitrogens with zero attached hydrogens (tertiary/aromatic N) is 3. The van der Waals surface area contributed by atoms with Crippen molar-refractivity contribution >= 4 is 17.0 Å². The fraction of sp³-hybridized carbons (Fsp3) is 0.417. The number of benzene rings is 1. The molecule has 0 fully saturated rings. The van der Waals surface area contributed by atoms with Crippen molar-refractivity contribution in [3.8, 4) is 11.5 Å². The van der Waals surface area contributed by atoms with Gasteiger partial charge < -0.3 is 14.6 Å². The number of carboxylic acids is 1. The van der Waals surface area contributed by atoms with Crippen LogP contribution in [0.1, 0.15) is 12.8 Å². The minimum absolute atomic E-state index is 0.102. The van der Waals surface area contributed by atoms with Crippen molar-refractivity contribution < 1.29 is 19.4 Å². The molecule has 1 aromatic heterocycles. The van der Waals surface area contributed by atoms with Gasteiger partial charge in [0.1, 0.15) is 11.0 Å². The molecule has 0 unspecified atom stereocenters. The quantitative estimate of drug-likeness (QED) is 0.847. The zero-order chi connectivity index (χ0) is 13.8. The lowest BCUT2D eigenvalue weighted by Gasteiger charge is -2.05. The fourth-order valence-electron chi connectivity index (χ4n) is 1.76. The third-order valence-electron chi connectivity index (χ3n) is 2.68. The maximum Gasteiger partial charge on any atom is 0.303 e. The first-order valence-electron chi connectivity index (χ1n) is 5.82. The van der Waals surface area contributed by atoms with Gasteiger partial charge >= 0.3 is 5.97 Å². The Labute approximate surface area is 109 Å². The second-order valence-corrected chi connectivity index (χ2v) is 3.99. The Hall–Kier alpha value is -2.31. The fourth-order valence-corrected chi connectivity index (χ4v) is 1.76. The van der Waals surface area contributed by atoms with Crippen molar-refractivity contribution in [3.05, 3.63) is 12.1 Å². The Balaban J connectivity index is 2.22. The molecule has 7 heteroatoms. The van der Waals surface area contributed by atoms with Crippen LogP contribution in [0.15, 0.2) is 12.1 Å². The number of aliphatic carboxylic acids is 1. The topological polar surface area (TPSA) is 86.5 Å². The molecule has 1 heterocycles.